The van der Waals surface area contributed by atoms with E-state index >= 15 is 0 Å². The monoisotopic (exact) mass is 243 g/mol. The van der Waals surface area contributed by atoms with Gasteiger partial charge in [-0.25, -0.2) is 0 Å². The van der Waals surface area contributed by atoms with Gasteiger partial charge >= 0.3 is 5.97 Å². The molecule has 4 nitrogen and oxygen atoms in total. The summed E-state index contributed by atoms with van der Waals surface area (Å²) >= 11 is 0. The van der Waals surface area contributed by atoms with Gasteiger partial charge in [0, 0.05) is 18.9 Å². The van der Waals surface area contributed by atoms with Crippen molar-refractivity contribution in [2.24, 2.45) is 5.92 Å². The first-order chi connectivity index (χ1) is 8.07. The van der Waals surface area contributed by atoms with Gasteiger partial charge in [0.2, 0.25) is 5.91 Å². The van der Waals surface area contributed by atoms with Gasteiger partial charge in [-0.05, 0) is 19.3 Å². The van der Waals surface area contributed by atoms with Crippen molar-refractivity contribution in [3.8, 4) is 0 Å². The molecule has 1 atom stereocenters. The Hall–Kier alpha value is -1.06. The SMILES string of the molecule is CCCCC(C)C(=O)NCCCCCC(=O)O. The van der Waals surface area contributed by atoms with E-state index in [2.05, 4.69) is 12.2 Å². The third-order valence-corrected chi connectivity index (χ3v) is 2.80. The van der Waals surface area contributed by atoms with Gasteiger partial charge in [-0.15, -0.1) is 0 Å². The van der Waals surface area contributed by atoms with Crippen LogP contribution in [0.4, 0.5) is 0 Å². The highest BCUT2D eigenvalue weighted by molar-refractivity contribution is 5.78. The zero-order chi connectivity index (χ0) is 13.1. The molecule has 0 aromatic rings. The van der Waals surface area contributed by atoms with E-state index in [0.717, 1.165) is 32.1 Å². The summed E-state index contributed by atoms with van der Waals surface area (Å²) in [6, 6.07) is 0. The zero-order valence-corrected chi connectivity index (χ0v) is 11.0. The van der Waals surface area contributed by atoms with Crippen molar-refractivity contribution in [1.82, 2.24) is 5.32 Å². The highest BCUT2D eigenvalue weighted by Crippen LogP contribution is 2.07. The molecular weight excluding hydrogens is 218 g/mol. The minimum atomic E-state index is -0.748. The summed E-state index contributed by atoms with van der Waals surface area (Å²) < 4.78 is 0. The summed E-state index contributed by atoms with van der Waals surface area (Å²) in [5, 5.41) is 11.3. The van der Waals surface area contributed by atoms with Gasteiger partial charge in [-0.3, -0.25) is 9.59 Å². The van der Waals surface area contributed by atoms with Gasteiger partial charge in [-0.1, -0.05) is 33.1 Å². The largest absolute Gasteiger partial charge is 0.481 e. The molecule has 2 N–H and O–H groups in total. The number of amides is 1. The highest BCUT2D eigenvalue weighted by atomic mass is 16.4. The molecule has 0 saturated carbocycles. The van der Waals surface area contributed by atoms with Crippen LogP contribution >= 0.6 is 0 Å². The van der Waals surface area contributed by atoms with Crippen LogP contribution in [0.15, 0.2) is 0 Å². The first-order valence-corrected chi connectivity index (χ1v) is 6.57. The number of rotatable bonds is 10. The number of carboxylic acids is 1. The number of carbonyl (C=O) groups is 2. The summed E-state index contributed by atoms with van der Waals surface area (Å²) in [6.07, 6.45) is 5.79. The molecular formula is C13H25NO3. The van der Waals surface area contributed by atoms with Crippen molar-refractivity contribution >= 4 is 11.9 Å². The van der Waals surface area contributed by atoms with Gasteiger partial charge in [0.1, 0.15) is 0 Å². The lowest BCUT2D eigenvalue weighted by molar-refractivity contribution is -0.137. The smallest absolute Gasteiger partial charge is 0.303 e. The molecule has 0 aliphatic carbocycles. The average molecular weight is 243 g/mol. The molecule has 100 valence electrons. The molecule has 0 saturated heterocycles. The Balaban J connectivity index is 3.41. The van der Waals surface area contributed by atoms with E-state index in [1.165, 1.54) is 0 Å². The Morgan fingerprint density at radius 3 is 2.47 bits per heavy atom. The minimum Gasteiger partial charge on any atom is -0.481 e. The Morgan fingerprint density at radius 2 is 1.88 bits per heavy atom. The van der Waals surface area contributed by atoms with Crippen LogP contribution in [0, 0.1) is 5.92 Å². The van der Waals surface area contributed by atoms with E-state index in [-0.39, 0.29) is 18.2 Å². The molecule has 1 unspecified atom stereocenters. The van der Waals surface area contributed by atoms with Crippen LogP contribution in [-0.2, 0) is 9.59 Å². The Labute approximate surface area is 104 Å². The molecule has 0 aromatic carbocycles. The maximum atomic E-state index is 11.6. The maximum Gasteiger partial charge on any atom is 0.303 e. The van der Waals surface area contributed by atoms with Gasteiger partial charge in [0.15, 0.2) is 0 Å². The van der Waals surface area contributed by atoms with Crippen molar-refractivity contribution in [3.63, 3.8) is 0 Å². The second-order valence-corrected chi connectivity index (χ2v) is 4.54. The van der Waals surface area contributed by atoms with Crippen LogP contribution in [0.1, 0.15) is 58.8 Å². The number of hydrogen-bond acceptors (Lipinski definition) is 2. The predicted molar refractivity (Wildman–Crippen MR) is 67.8 cm³/mol. The van der Waals surface area contributed by atoms with Crippen LogP contribution in [0.3, 0.4) is 0 Å². The average Bonchev–Trinajstić information content (AvgIpc) is 2.29. The number of aliphatic carboxylic acids is 1. The van der Waals surface area contributed by atoms with Gasteiger partial charge in [0.25, 0.3) is 0 Å². The Bertz CT molecular complexity index is 229. The first kappa shape index (κ1) is 15.9. The molecule has 0 spiro atoms. The molecule has 4 heteroatoms. The van der Waals surface area contributed by atoms with E-state index in [0.29, 0.717) is 13.0 Å². The number of unbranched alkanes of at least 4 members (excludes halogenated alkanes) is 3. The third-order valence-electron chi connectivity index (χ3n) is 2.80. The number of carboxylic acid groups (broad SMARTS) is 1. The van der Waals surface area contributed by atoms with E-state index < -0.39 is 5.97 Å². The fraction of sp³-hybridized carbons (Fsp3) is 0.846. The normalized spacial score (nSPS) is 12.1. The standard InChI is InChI=1S/C13H25NO3/c1-3-4-8-11(2)13(17)14-10-7-5-6-9-12(15)16/h11H,3-10H2,1-2H3,(H,14,17)(H,15,16). The quantitative estimate of drug-likeness (QED) is 0.579. The molecule has 0 aromatic heterocycles. The molecule has 0 rings (SSSR count). The lowest BCUT2D eigenvalue weighted by atomic mass is 10.0. The summed E-state index contributed by atoms with van der Waals surface area (Å²) in [6.45, 7) is 4.73. The molecule has 0 aliphatic rings. The lowest BCUT2D eigenvalue weighted by Gasteiger charge is -2.11. The number of nitrogens with one attached hydrogen (secondary N) is 1. The molecule has 0 bridgehead atoms. The van der Waals surface area contributed by atoms with E-state index in [4.69, 9.17) is 5.11 Å². The second-order valence-electron chi connectivity index (χ2n) is 4.54. The molecule has 0 heterocycles. The zero-order valence-electron chi connectivity index (χ0n) is 11.0. The van der Waals surface area contributed by atoms with Crippen LogP contribution < -0.4 is 5.32 Å². The Morgan fingerprint density at radius 1 is 1.18 bits per heavy atom. The lowest BCUT2D eigenvalue weighted by Crippen LogP contribution is -2.30. The maximum absolute atomic E-state index is 11.6. The molecule has 17 heavy (non-hydrogen) atoms. The van der Waals surface area contributed by atoms with Crippen LogP contribution in [0.5, 0.6) is 0 Å². The summed E-state index contributed by atoms with van der Waals surface area (Å²) in [5.41, 5.74) is 0. The molecule has 0 fully saturated rings. The van der Waals surface area contributed by atoms with Crippen molar-refractivity contribution in [3.05, 3.63) is 0 Å². The Kier molecular flexibility index (Phi) is 9.49. The van der Waals surface area contributed by atoms with E-state index in [1.54, 1.807) is 0 Å². The molecule has 0 aliphatic heterocycles. The van der Waals surface area contributed by atoms with Gasteiger partial charge in [-0.2, -0.15) is 0 Å². The van der Waals surface area contributed by atoms with Crippen LogP contribution in [-0.4, -0.2) is 23.5 Å². The van der Waals surface area contributed by atoms with Crippen molar-refractivity contribution in [2.45, 2.75) is 58.8 Å². The van der Waals surface area contributed by atoms with Crippen molar-refractivity contribution < 1.29 is 14.7 Å². The highest BCUT2D eigenvalue weighted by Gasteiger charge is 2.10. The summed E-state index contributed by atoms with van der Waals surface area (Å²) in [4.78, 5) is 21.8. The minimum absolute atomic E-state index is 0.0916. The van der Waals surface area contributed by atoms with Crippen molar-refractivity contribution in [2.75, 3.05) is 6.54 Å². The second kappa shape index (κ2) is 10.1. The van der Waals surface area contributed by atoms with Gasteiger partial charge in [0.05, 0.1) is 0 Å². The molecule has 1 amide bonds. The number of carbonyl (C=O) groups excluding carboxylic acids is 1. The fourth-order valence-corrected chi connectivity index (χ4v) is 1.61. The topological polar surface area (TPSA) is 66.4 Å². The predicted octanol–water partition coefficient (Wildman–Crippen LogP) is 2.57. The summed E-state index contributed by atoms with van der Waals surface area (Å²) in [7, 11) is 0. The van der Waals surface area contributed by atoms with Crippen LogP contribution in [0.2, 0.25) is 0 Å². The van der Waals surface area contributed by atoms with Crippen LogP contribution in [0.25, 0.3) is 0 Å². The summed E-state index contributed by atoms with van der Waals surface area (Å²) in [5.74, 6) is -0.534. The fourth-order valence-electron chi connectivity index (χ4n) is 1.61. The van der Waals surface area contributed by atoms with Crippen molar-refractivity contribution in [1.29, 1.82) is 0 Å². The van der Waals surface area contributed by atoms with Gasteiger partial charge < -0.3 is 10.4 Å². The first-order valence-electron chi connectivity index (χ1n) is 6.57. The number of hydrogen-bond donors (Lipinski definition) is 2. The third kappa shape index (κ3) is 9.85. The molecule has 0 radical (unpaired) electrons. The van der Waals surface area contributed by atoms with E-state index in [1.807, 2.05) is 6.92 Å². The van der Waals surface area contributed by atoms with E-state index in [9.17, 15) is 9.59 Å².